The molecule has 1 aromatic carbocycles. The predicted octanol–water partition coefficient (Wildman–Crippen LogP) is 1.77. The van der Waals surface area contributed by atoms with Gasteiger partial charge >= 0.3 is 6.18 Å². The van der Waals surface area contributed by atoms with Crippen LogP contribution in [-0.4, -0.2) is 33.7 Å². The van der Waals surface area contributed by atoms with Crippen molar-refractivity contribution >= 4 is 21.6 Å². The van der Waals surface area contributed by atoms with E-state index in [1.54, 1.807) is 0 Å². The number of carbonyl (C=O) groups excluding carboxylic acids is 1. The number of nitrogens with one attached hydrogen (secondary N) is 1. The third-order valence-corrected chi connectivity index (χ3v) is 3.73. The molecule has 0 fully saturated rings. The number of benzene rings is 1. The van der Waals surface area contributed by atoms with Crippen molar-refractivity contribution in [3.63, 3.8) is 0 Å². The number of sulfonamides is 1. The van der Waals surface area contributed by atoms with Crippen molar-refractivity contribution in [1.29, 1.82) is 0 Å². The van der Waals surface area contributed by atoms with E-state index in [-0.39, 0.29) is 12.2 Å². The maximum atomic E-state index is 12.7. The van der Waals surface area contributed by atoms with E-state index in [4.69, 9.17) is 0 Å². The van der Waals surface area contributed by atoms with Crippen LogP contribution in [0.4, 0.5) is 18.9 Å². The van der Waals surface area contributed by atoms with Crippen molar-refractivity contribution in [2.45, 2.75) is 6.18 Å². The van der Waals surface area contributed by atoms with E-state index < -0.39 is 34.2 Å². The number of carbonyl (C=O) groups is 1. The molecular formula is C13H15F3N2O3S. The van der Waals surface area contributed by atoms with Crippen molar-refractivity contribution in [1.82, 2.24) is 5.32 Å². The summed E-state index contributed by atoms with van der Waals surface area (Å²) in [6.45, 7) is 2.89. The lowest BCUT2D eigenvalue weighted by Crippen LogP contribution is -2.40. The van der Waals surface area contributed by atoms with E-state index in [1.807, 2.05) is 0 Å². The maximum absolute atomic E-state index is 12.7. The van der Waals surface area contributed by atoms with Gasteiger partial charge in [-0.05, 0) is 18.2 Å². The van der Waals surface area contributed by atoms with Gasteiger partial charge in [0.2, 0.25) is 15.9 Å². The quantitative estimate of drug-likeness (QED) is 0.805. The lowest BCUT2D eigenvalue weighted by Gasteiger charge is -2.22. The number of hydrogen-bond acceptors (Lipinski definition) is 3. The average Bonchev–Trinajstić information content (AvgIpc) is 2.40. The molecule has 0 atom stereocenters. The van der Waals surface area contributed by atoms with Crippen molar-refractivity contribution < 1.29 is 26.4 Å². The molecule has 0 aliphatic carbocycles. The number of rotatable bonds is 6. The second kappa shape index (κ2) is 6.82. The summed E-state index contributed by atoms with van der Waals surface area (Å²) in [5.74, 6) is -0.650. The molecule has 1 rings (SSSR count). The van der Waals surface area contributed by atoms with Gasteiger partial charge in [0, 0.05) is 6.54 Å². The Morgan fingerprint density at radius 3 is 2.55 bits per heavy atom. The number of halogens is 3. The largest absolute Gasteiger partial charge is 0.416 e. The van der Waals surface area contributed by atoms with Gasteiger partial charge in [0.1, 0.15) is 6.54 Å². The normalized spacial score (nSPS) is 11.8. The van der Waals surface area contributed by atoms with Gasteiger partial charge in [-0.15, -0.1) is 6.58 Å². The Bertz CT molecular complexity index is 657. The molecule has 0 unspecified atom stereocenters. The lowest BCUT2D eigenvalue weighted by molar-refractivity contribution is -0.137. The van der Waals surface area contributed by atoms with Crippen LogP contribution in [0, 0.1) is 0 Å². The molecule has 122 valence electrons. The Balaban J connectivity index is 3.14. The Hall–Kier alpha value is -2.03. The summed E-state index contributed by atoms with van der Waals surface area (Å²) >= 11 is 0. The lowest BCUT2D eigenvalue weighted by atomic mass is 10.2. The molecule has 1 N–H and O–H groups in total. The molecule has 5 nitrogen and oxygen atoms in total. The SMILES string of the molecule is C=CCNC(=O)CN(c1cccc(C(F)(F)F)c1)S(C)(=O)=O. The summed E-state index contributed by atoms with van der Waals surface area (Å²) in [6, 6.07) is 3.78. The van der Waals surface area contributed by atoms with Crippen LogP contribution in [0.2, 0.25) is 0 Å². The smallest absolute Gasteiger partial charge is 0.351 e. The summed E-state index contributed by atoms with van der Waals surface area (Å²) < 4.78 is 62.2. The molecule has 0 bridgehead atoms. The van der Waals surface area contributed by atoms with Crippen LogP contribution in [0.25, 0.3) is 0 Å². The standard InChI is InChI=1S/C13H15F3N2O3S/c1-3-7-17-12(19)9-18(22(2,20)21)11-6-4-5-10(8-11)13(14,15)16/h3-6,8H,1,7,9H2,2H3,(H,17,19). The molecule has 1 aromatic rings. The monoisotopic (exact) mass is 336 g/mol. The summed E-state index contributed by atoms with van der Waals surface area (Å²) in [4.78, 5) is 11.6. The van der Waals surface area contributed by atoms with Gasteiger partial charge in [-0.1, -0.05) is 12.1 Å². The van der Waals surface area contributed by atoms with E-state index in [1.165, 1.54) is 12.1 Å². The van der Waals surface area contributed by atoms with Crippen molar-refractivity contribution in [2.75, 3.05) is 23.7 Å². The molecule has 22 heavy (non-hydrogen) atoms. The second-order valence-electron chi connectivity index (χ2n) is 4.41. The number of nitrogens with zero attached hydrogens (tertiary/aromatic N) is 1. The molecule has 0 radical (unpaired) electrons. The maximum Gasteiger partial charge on any atom is 0.416 e. The van der Waals surface area contributed by atoms with E-state index in [2.05, 4.69) is 11.9 Å². The number of anilines is 1. The van der Waals surface area contributed by atoms with Gasteiger partial charge in [-0.25, -0.2) is 8.42 Å². The van der Waals surface area contributed by atoms with Crippen LogP contribution in [0.1, 0.15) is 5.56 Å². The third kappa shape index (κ3) is 5.06. The fraction of sp³-hybridized carbons (Fsp3) is 0.308. The highest BCUT2D eigenvalue weighted by molar-refractivity contribution is 7.92. The highest BCUT2D eigenvalue weighted by Gasteiger charge is 2.31. The predicted molar refractivity (Wildman–Crippen MR) is 76.8 cm³/mol. The number of hydrogen-bond donors (Lipinski definition) is 1. The first-order valence-corrected chi connectivity index (χ1v) is 7.93. The molecule has 0 heterocycles. The van der Waals surface area contributed by atoms with Crippen molar-refractivity contribution in [3.05, 3.63) is 42.5 Å². The second-order valence-corrected chi connectivity index (χ2v) is 6.32. The van der Waals surface area contributed by atoms with E-state index in [0.29, 0.717) is 10.4 Å². The molecule has 0 saturated heterocycles. The highest BCUT2D eigenvalue weighted by atomic mass is 32.2. The molecular weight excluding hydrogens is 321 g/mol. The first-order valence-electron chi connectivity index (χ1n) is 6.08. The number of amides is 1. The van der Waals surface area contributed by atoms with Crippen LogP contribution in [-0.2, 0) is 21.0 Å². The van der Waals surface area contributed by atoms with Gasteiger partial charge in [-0.2, -0.15) is 13.2 Å². The van der Waals surface area contributed by atoms with Gasteiger partial charge in [0.15, 0.2) is 0 Å². The van der Waals surface area contributed by atoms with Gasteiger partial charge in [0.05, 0.1) is 17.5 Å². The molecule has 0 aliphatic rings. The molecule has 0 saturated carbocycles. The molecule has 0 spiro atoms. The van der Waals surface area contributed by atoms with Gasteiger partial charge in [0.25, 0.3) is 0 Å². The van der Waals surface area contributed by atoms with E-state index >= 15 is 0 Å². The minimum Gasteiger partial charge on any atom is -0.351 e. The Kier molecular flexibility index (Phi) is 5.59. The molecule has 9 heteroatoms. The van der Waals surface area contributed by atoms with E-state index in [9.17, 15) is 26.4 Å². The van der Waals surface area contributed by atoms with Crippen molar-refractivity contribution in [2.24, 2.45) is 0 Å². The number of alkyl halides is 3. The average molecular weight is 336 g/mol. The Labute approximate surface area is 126 Å². The summed E-state index contributed by atoms with van der Waals surface area (Å²) in [6.07, 6.45) is -2.40. The fourth-order valence-electron chi connectivity index (χ4n) is 1.61. The zero-order valence-corrected chi connectivity index (χ0v) is 12.5. The first kappa shape index (κ1) is 18.0. The van der Waals surface area contributed by atoms with Crippen LogP contribution in [0.15, 0.2) is 36.9 Å². The van der Waals surface area contributed by atoms with Crippen molar-refractivity contribution in [3.8, 4) is 0 Å². The zero-order chi connectivity index (χ0) is 17.0. The Morgan fingerprint density at radius 1 is 1.41 bits per heavy atom. The van der Waals surface area contributed by atoms with Gasteiger partial charge < -0.3 is 5.32 Å². The topological polar surface area (TPSA) is 66.5 Å². The third-order valence-electron chi connectivity index (χ3n) is 2.59. The molecule has 0 aromatic heterocycles. The van der Waals surface area contributed by atoms with E-state index in [0.717, 1.165) is 18.4 Å². The zero-order valence-electron chi connectivity index (χ0n) is 11.7. The summed E-state index contributed by atoms with van der Waals surface area (Å²) in [5.41, 5.74) is -1.23. The van der Waals surface area contributed by atoms with Gasteiger partial charge in [-0.3, -0.25) is 9.10 Å². The first-order chi connectivity index (χ1) is 10.1. The Morgan fingerprint density at radius 2 is 2.05 bits per heavy atom. The summed E-state index contributed by atoms with van der Waals surface area (Å²) in [7, 11) is -3.92. The highest BCUT2D eigenvalue weighted by Crippen LogP contribution is 2.32. The van der Waals surface area contributed by atoms with Crippen LogP contribution in [0.5, 0.6) is 0 Å². The van der Waals surface area contributed by atoms with Crippen LogP contribution < -0.4 is 9.62 Å². The minimum absolute atomic E-state index is 0.124. The molecule has 0 aliphatic heterocycles. The van der Waals surface area contributed by atoms with Crippen LogP contribution >= 0.6 is 0 Å². The van der Waals surface area contributed by atoms with Crippen LogP contribution in [0.3, 0.4) is 0 Å². The molecule has 1 amide bonds. The minimum atomic E-state index is -4.61. The fourth-order valence-corrected chi connectivity index (χ4v) is 2.46. The summed E-state index contributed by atoms with van der Waals surface area (Å²) in [5, 5.41) is 2.36.